The normalized spacial score (nSPS) is 23.1. The molecule has 5 nitrogen and oxygen atoms in total. The SMILES string of the molecule is CC(C)C(C(=O)N1CCCCC1CCO)N1C(=O)/C(=C/c2cccs2)SC1=S. The van der Waals surface area contributed by atoms with Gasteiger partial charge in [-0.25, -0.2) is 0 Å². The number of piperidine rings is 1. The zero-order valence-electron chi connectivity index (χ0n) is 16.2. The van der Waals surface area contributed by atoms with Gasteiger partial charge in [0.2, 0.25) is 5.91 Å². The van der Waals surface area contributed by atoms with Gasteiger partial charge in [0.25, 0.3) is 5.91 Å². The number of nitrogens with zero attached hydrogens (tertiary/aromatic N) is 2. The van der Waals surface area contributed by atoms with Crippen molar-refractivity contribution >= 4 is 57.5 Å². The lowest BCUT2D eigenvalue weighted by atomic mass is 9.95. The molecule has 1 N–H and O–H groups in total. The topological polar surface area (TPSA) is 60.9 Å². The largest absolute Gasteiger partial charge is 0.396 e. The molecule has 2 atom stereocenters. The minimum absolute atomic E-state index is 0.0348. The first kappa shape index (κ1) is 21.5. The Labute approximate surface area is 179 Å². The van der Waals surface area contributed by atoms with Crippen LogP contribution in [-0.4, -0.2) is 56.3 Å². The third-order valence-electron chi connectivity index (χ3n) is 5.18. The summed E-state index contributed by atoms with van der Waals surface area (Å²) in [7, 11) is 0. The molecule has 0 bridgehead atoms. The Hall–Kier alpha value is -1.22. The molecule has 8 heteroatoms. The van der Waals surface area contributed by atoms with E-state index < -0.39 is 6.04 Å². The first-order chi connectivity index (χ1) is 13.4. The fourth-order valence-electron chi connectivity index (χ4n) is 3.83. The third kappa shape index (κ3) is 4.50. The average molecular weight is 439 g/mol. The Balaban J connectivity index is 1.86. The maximum atomic E-state index is 13.5. The molecule has 1 aromatic rings. The maximum Gasteiger partial charge on any atom is 0.266 e. The molecule has 2 fully saturated rings. The first-order valence-corrected chi connectivity index (χ1v) is 11.8. The highest BCUT2D eigenvalue weighted by molar-refractivity contribution is 8.26. The van der Waals surface area contributed by atoms with Crippen molar-refractivity contribution in [3.8, 4) is 0 Å². The zero-order valence-corrected chi connectivity index (χ0v) is 18.6. The number of carbonyl (C=O) groups is 2. The number of amides is 2. The monoisotopic (exact) mass is 438 g/mol. The number of hydrogen-bond donors (Lipinski definition) is 1. The molecule has 2 saturated heterocycles. The molecule has 0 spiro atoms. The Morgan fingerprint density at radius 2 is 2.21 bits per heavy atom. The number of thiophene rings is 1. The van der Waals surface area contributed by atoms with Gasteiger partial charge in [-0.2, -0.15) is 0 Å². The summed E-state index contributed by atoms with van der Waals surface area (Å²) < 4.78 is 0.440. The van der Waals surface area contributed by atoms with Crippen molar-refractivity contribution in [2.75, 3.05) is 13.2 Å². The van der Waals surface area contributed by atoms with Crippen molar-refractivity contribution in [1.29, 1.82) is 0 Å². The van der Waals surface area contributed by atoms with Crippen molar-refractivity contribution in [1.82, 2.24) is 9.80 Å². The molecule has 0 aliphatic carbocycles. The fourth-order valence-corrected chi connectivity index (χ4v) is 5.88. The zero-order chi connectivity index (χ0) is 20.3. The number of likely N-dealkylation sites (tertiary alicyclic amines) is 1. The quantitative estimate of drug-likeness (QED) is 0.542. The van der Waals surface area contributed by atoms with Gasteiger partial charge in [0.05, 0.1) is 4.91 Å². The number of aliphatic hydroxyl groups is 1. The smallest absolute Gasteiger partial charge is 0.266 e. The molecular formula is C20H26N2O3S3. The van der Waals surface area contributed by atoms with E-state index in [1.165, 1.54) is 16.7 Å². The number of aliphatic hydroxyl groups excluding tert-OH is 1. The molecule has 2 amide bonds. The van der Waals surface area contributed by atoms with Crippen molar-refractivity contribution in [3.63, 3.8) is 0 Å². The molecule has 2 unspecified atom stereocenters. The van der Waals surface area contributed by atoms with Crippen molar-refractivity contribution in [3.05, 3.63) is 27.3 Å². The van der Waals surface area contributed by atoms with Crippen LogP contribution in [0.15, 0.2) is 22.4 Å². The lowest BCUT2D eigenvalue weighted by Crippen LogP contribution is -2.56. The van der Waals surface area contributed by atoms with Crippen LogP contribution in [-0.2, 0) is 9.59 Å². The molecule has 0 radical (unpaired) electrons. The van der Waals surface area contributed by atoms with Gasteiger partial charge in [0.15, 0.2) is 0 Å². The molecule has 0 saturated carbocycles. The lowest BCUT2D eigenvalue weighted by Gasteiger charge is -2.40. The van der Waals surface area contributed by atoms with Crippen molar-refractivity contribution in [2.24, 2.45) is 5.92 Å². The molecule has 2 aliphatic heterocycles. The van der Waals surface area contributed by atoms with Gasteiger partial charge in [-0.3, -0.25) is 14.5 Å². The van der Waals surface area contributed by atoms with Crippen molar-refractivity contribution < 1.29 is 14.7 Å². The van der Waals surface area contributed by atoms with Gasteiger partial charge in [-0.1, -0.05) is 43.9 Å². The van der Waals surface area contributed by atoms with Gasteiger partial charge >= 0.3 is 0 Å². The molecule has 0 aromatic carbocycles. The maximum absolute atomic E-state index is 13.5. The predicted molar refractivity (Wildman–Crippen MR) is 119 cm³/mol. The van der Waals surface area contributed by atoms with Gasteiger partial charge in [-0.05, 0) is 49.1 Å². The van der Waals surface area contributed by atoms with E-state index in [9.17, 15) is 14.7 Å². The highest BCUT2D eigenvalue weighted by Crippen LogP contribution is 2.37. The molecule has 3 heterocycles. The summed E-state index contributed by atoms with van der Waals surface area (Å²) in [6, 6.07) is 3.32. The van der Waals surface area contributed by atoms with E-state index in [4.69, 9.17) is 12.2 Å². The summed E-state index contributed by atoms with van der Waals surface area (Å²) in [5.74, 6) is -0.305. The summed E-state index contributed by atoms with van der Waals surface area (Å²) in [5, 5.41) is 11.3. The molecule has 152 valence electrons. The second-order valence-corrected chi connectivity index (χ2v) is 10.1. The fraction of sp³-hybridized carbons (Fsp3) is 0.550. The number of thioether (sulfide) groups is 1. The van der Waals surface area contributed by atoms with Crippen LogP contribution in [0.3, 0.4) is 0 Å². The van der Waals surface area contributed by atoms with E-state index in [1.54, 1.807) is 11.3 Å². The number of hydrogen-bond acceptors (Lipinski definition) is 6. The predicted octanol–water partition coefficient (Wildman–Crippen LogP) is 3.74. The molecule has 1 aromatic heterocycles. The van der Waals surface area contributed by atoms with E-state index in [2.05, 4.69) is 0 Å². The van der Waals surface area contributed by atoms with Crippen LogP contribution in [0, 0.1) is 5.92 Å². The average Bonchev–Trinajstić information content (AvgIpc) is 3.26. The minimum atomic E-state index is -0.610. The van der Waals surface area contributed by atoms with Gasteiger partial charge in [-0.15, -0.1) is 11.3 Å². The number of thiocarbonyl (C=S) groups is 1. The van der Waals surface area contributed by atoms with Crippen LogP contribution >= 0.6 is 35.3 Å². The molecule has 28 heavy (non-hydrogen) atoms. The van der Waals surface area contributed by atoms with Crippen LogP contribution < -0.4 is 0 Å². The molecule has 2 aliphatic rings. The van der Waals surface area contributed by atoms with E-state index in [0.717, 1.165) is 24.1 Å². The Morgan fingerprint density at radius 1 is 1.43 bits per heavy atom. The number of carbonyl (C=O) groups excluding carboxylic acids is 2. The van der Waals surface area contributed by atoms with E-state index >= 15 is 0 Å². The highest BCUT2D eigenvalue weighted by atomic mass is 32.2. The first-order valence-electron chi connectivity index (χ1n) is 9.66. The summed E-state index contributed by atoms with van der Waals surface area (Å²) in [5.41, 5.74) is 0. The minimum Gasteiger partial charge on any atom is -0.396 e. The molecular weight excluding hydrogens is 412 g/mol. The van der Waals surface area contributed by atoms with E-state index in [0.29, 0.717) is 22.2 Å². The summed E-state index contributed by atoms with van der Waals surface area (Å²) in [4.78, 5) is 31.6. The van der Waals surface area contributed by atoms with Crippen LogP contribution in [0.4, 0.5) is 0 Å². The van der Waals surface area contributed by atoms with Gasteiger partial charge < -0.3 is 10.0 Å². The Bertz CT molecular complexity index is 759. The third-order valence-corrected chi connectivity index (χ3v) is 7.33. The number of rotatable bonds is 6. The Morgan fingerprint density at radius 3 is 2.86 bits per heavy atom. The van der Waals surface area contributed by atoms with Gasteiger partial charge in [0.1, 0.15) is 10.4 Å². The van der Waals surface area contributed by atoms with Crippen molar-refractivity contribution in [2.45, 2.75) is 51.6 Å². The van der Waals surface area contributed by atoms with Crippen LogP contribution in [0.1, 0.15) is 44.4 Å². The standard InChI is InChI=1S/C20H26N2O3S3/c1-13(2)17(19(25)21-9-4-3-6-14(21)8-10-23)22-18(24)16(28-20(22)26)12-15-7-5-11-27-15/h5,7,11-14,17,23H,3-4,6,8-10H2,1-2H3/b16-12-. The summed E-state index contributed by atoms with van der Waals surface area (Å²) >= 11 is 8.33. The highest BCUT2D eigenvalue weighted by Gasteiger charge is 2.44. The van der Waals surface area contributed by atoms with E-state index in [-0.39, 0.29) is 30.4 Å². The van der Waals surface area contributed by atoms with E-state index in [1.807, 2.05) is 42.3 Å². The molecule has 3 rings (SSSR count). The van der Waals surface area contributed by atoms with Crippen LogP contribution in [0.5, 0.6) is 0 Å². The lowest BCUT2D eigenvalue weighted by molar-refractivity contribution is -0.145. The second kappa shape index (κ2) is 9.52. The van der Waals surface area contributed by atoms with Gasteiger partial charge in [0, 0.05) is 24.1 Å². The van der Waals surface area contributed by atoms with Crippen LogP contribution in [0.2, 0.25) is 0 Å². The van der Waals surface area contributed by atoms with Crippen LogP contribution in [0.25, 0.3) is 6.08 Å². The second-order valence-electron chi connectivity index (χ2n) is 7.45. The summed E-state index contributed by atoms with van der Waals surface area (Å²) in [6.07, 6.45) is 5.34. The summed E-state index contributed by atoms with van der Waals surface area (Å²) in [6.45, 7) is 4.64. The Kier molecular flexibility index (Phi) is 7.31.